The smallest absolute Gasteiger partial charge is 0.466 e. The minimum Gasteiger partial charge on any atom is -0.481 e. The molecule has 12 heavy (non-hydrogen) atoms. The lowest BCUT2D eigenvalue weighted by Gasteiger charge is -1.86. The summed E-state index contributed by atoms with van der Waals surface area (Å²) in [5.74, 6) is -0.773. The number of aliphatic carboxylic acids is 1. The van der Waals surface area contributed by atoms with E-state index in [0.29, 0.717) is 13.0 Å². The lowest BCUT2D eigenvalue weighted by Crippen LogP contribution is -2.02. The Morgan fingerprint density at radius 1 is 1.33 bits per heavy atom. The van der Waals surface area contributed by atoms with Gasteiger partial charge in [-0.3, -0.25) is 4.79 Å². The van der Waals surface area contributed by atoms with Crippen molar-refractivity contribution < 1.29 is 29.1 Å². The lowest BCUT2D eigenvalue weighted by atomic mass is 10.3. The molecule has 6 N–H and O–H groups in total. The van der Waals surface area contributed by atoms with Gasteiger partial charge in [0.25, 0.3) is 0 Å². The minimum absolute atomic E-state index is 0.191. The second kappa shape index (κ2) is 7.20. The molecule has 0 aliphatic rings. The average molecular weight is 201 g/mol. The van der Waals surface area contributed by atoms with E-state index in [1.807, 2.05) is 0 Å². The second-order valence-corrected chi connectivity index (χ2v) is 2.83. The van der Waals surface area contributed by atoms with E-state index in [4.69, 9.17) is 30.1 Å². The molecule has 0 amide bonds. The van der Waals surface area contributed by atoms with E-state index in [1.54, 1.807) is 0 Å². The molecule has 0 saturated heterocycles. The number of carboxylic acids is 1. The molecule has 7 nitrogen and oxygen atoms in total. The molecule has 0 aliphatic carbocycles. The van der Waals surface area contributed by atoms with Gasteiger partial charge >= 0.3 is 13.8 Å². The van der Waals surface area contributed by atoms with Crippen LogP contribution in [0.4, 0.5) is 0 Å². The van der Waals surface area contributed by atoms with Crippen molar-refractivity contribution in [2.45, 2.75) is 12.8 Å². The molecule has 8 heteroatoms. The van der Waals surface area contributed by atoms with Crippen molar-refractivity contribution >= 4 is 13.8 Å². The third-order valence-corrected chi connectivity index (χ3v) is 0.595. The summed E-state index contributed by atoms with van der Waals surface area (Å²) >= 11 is 0. The van der Waals surface area contributed by atoms with Gasteiger partial charge in [-0.2, -0.15) is 0 Å². The average Bonchev–Trinajstić information content (AvgIpc) is 1.79. The first-order valence-corrected chi connectivity index (χ1v) is 4.54. The molecule has 0 atom stereocenters. The Kier molecular flexibility index (Phi) is 8.46. The van der Waals surface area contributed by atoms with Crippen molar-refractivity contribution in [3.8, 4) is 0 Å². The fraction of sp³-hybridized carbons (Fsp3) is 0.750. The van der Waals surface area contributed by atoms with Gasteiger partial charge in [0, 0.05) is 6.42 Å². The molecule has 74 valence electrons. The Bertz CT molecular complexity index is 157. The maximum atomic E-state index is 9.70. The van der Waals surface area contributed by atoms with Crippen molar-refractivity contribution in [1.82, 2.24) is 0 Å². The summed E-state index contributed by atoms with van der Waals surface area (Å²) in [4.78, 5) is 31.3. The zero-order chi connectivity index (χ0) is 10.2. The first-order valence-electron chi connectivity index (χ1n) is 2.97. The first-order chi connectivity index (χ1) is 5.27. The van der Waals surface area contributed by atoms with E-state index in [0.717, 1.165) is 0 Å². The summed E-state index contributed by atoms with van der Waals surface area (Å²) in [6.07, 6.45) is 0.770. The van der Waals surface area contributed by atoms with E-state index in [9.17, 15) is 4.79 Å². The van der Waals surface area contributed by atoms with E-state index in [1.165, 1.54) is 0 Å². The van der Waals surface area contributed by atoms with Crippen LogP contribution in [0.25, 0.3) is 0 Å². The predicted molar refractivity (Wildman–Crippen MR) is 40.2 cm³/mol. The largest absolute Gasteiger partial charge is 0.481 e. The van der Waals surface area contributed by atoms with Crippen LogP contribution in [0, 0.1) is 0 Å². The zero-order valence-corrected chi connectivity index (χ0v) is 7.15. The summed E-state index contributed by atoms with van der Waals surface area (Å²) in [5.41, 5.74) is 5.01. The third-order valence-electron chi connectivity index (χ3n) is 0.595. The van der Waals surface area contributed by atoms with Crippen LogP contribution in [0.2, 0.25) is 0 Å². The molecule has 0 aliphatic heterocycles. The maximum absolute atomic E-state index is 9.70. The molecule has 0 bridgehead atoms. The van der Waals surface area contributed by atoms with Crippen molar-refractivity contribution in [2.24, 2.45) is 5.73 Å². The first kappa shape index (κ1) is 14.1. The third kappa shape index (κ3) is 55.5. The Labute approximate surface area is 69.1 Å². The van der Waals surface area contributed by atoms with Crippen LogP contribution < -0.4 is 5.73 Å². The quantitative estimate of drug-likeness (QED) is 0.364. The number of carbonyl (C=O) groups is 1. The molecule has 0 rings (SSSR count). The summed E-state index contributed by atoms with van der Waals surface area (Å²) in [6, 6.07) is 0. The molecule has 0 aromatic carbocycles. The number of carboxylic acid groups (broad SMARTS) is 1. The van der Waals surface area contributed by atoms with Crippen LogP contribution >= 0.6 is 7.82 Å². The highest BCUT2D eigenvalue weighted by atomic mass is 31.2. The Morgan fingerprint density at radius 3 is 1.75 bits per heavy atom. The van der Waals surface area contributed by atoms with Gasteiger partial charge in [0.05, 0.1) is 0 Å². The van der Waals surface area contributed by atoms with Gasteiger partial charge in [-0.05, 0) is 13.0 Å². The van der Waals surface area contributed by atoms with Gasteiger partial charge in [-0.25, -0.2) is 4.57 Å². The monoisotopic (exact) mass is 201 g/mol. The van der Waals surface area contributed by atoms with Crippen molar-refractivity contribution in [2.75, 3.05) is 6.54 Å². The Hall–Kier alpha value is -0.460. The van der Waals surface area contributed by atoms with Crippen LogP contribution in [0.15, 0.2) is 0 Å². The van der Waals surface area contributed by atoms with Gasteiger partial charge in [-0.15, -0.1) is 0 Å². The number of rotatable bonds is 3. The van der Waals surface area contributed by atoms with Gasteiger partial charge in [0.2, 0.25) is 0 Å². The molecule has 0 aromatic heterocycles. The number of hydrogen-bond acceptors (Lipinski definition) is 3. The molecular formula is C4H12NO6P. The van der Waals surface area contributed by atoms with E-state index >= 15 is 0 Å². The van der Waals surface area contributed by atoms with E-state index in [2.05, 4.69) is 0 Å². The molecule has 0 fully saturated rings. The molecule has 0 heterocycles. The van der Waals surface area contributed by atoms with Gasteiger partial charge in [0.15, 0.2) is 0 Å². The maximum Gasteiger partial charge on any atom is 0.466 e. The minimum atomic E-state index is -4.64. The summed E-state index contributed by atoms with van der Waals surface area (Å²) < 4.78 is 8.88. The van der Waals surface area contributed by atoms with Gasteiger partial charge < -0.3 is 25.5 Å². The van der Waals surface area contributed by atoms with Crippen molar-refractivity contribution in [3.63, 3.8) is 0 Å². The standard InChI is InChI=1S/C4H9NO2.H3O4P/c5-3-1-2-4(6)7;1-5(2,3)4/h1-3,5H2,(H,6,7);(H3,1,2,3,4). The van der Waals surface area contributed by atoms with Crippen molar-refractivity contribution in [1.29, 1.82) is 0 Å². The molecule has 0 radical (unpaired) electrons. The van der Waals surface area contributed by atoms with Gasteiger partial charge in [0.1, 0.15) is 0 Å². The second-order valence-electron chi connectivity index (χ2n) is 1.80. The lowest BCUT2D eigenvalue weighted by molar-refractivity contribution is -0.137. The SMILES string of the molecule is NCCCC(=O)O.O=P(O)(O)O. The predicted octanol–water partition coefficient (Wildman–Crippen LogP) is -1.12. The molecular weight excluding hydrogens is 189 g/mol. The highest BCUT2D eigenvalue weighted by Gasteiger charge is 2.00. The van der Waals surface area contributed by atoms with Crippen LogP contribution in [-0.2, 0) is 9.36 Å². The van der Waals surface area contributed by atoms with Crippen LogP contribution in [0.5, 0.6) is 0 Å². The number of nitrogens with two attached hydrogens (primary N) is 1. The number of hydrogen-bond donors (Lipinski definition) is 5. The van der Waals surface area contributed by atoms with Crippen LogP contribution in [0.1, 0.15) is 12.8 Å². The topological polar surface area (TPSA) is 141 Å². The Morgan fingerprint density at radius 2 is 1.67 bits per heavy atom. The highest BCUT2D eigenvalue weighted by Crippen LogP contribution is 2.25. The Balaban J connectivity index is 0. The van der Waals surface area contributed by atoms with Crippen LogP contribution in [0.3, 0.4) is 0 Å². The zero-order valence-electron chi connectivity index (χ0n) is 6.25. The van der Waals surface area contributed by atoms with Crippen LogP contribution in [-0.4, -0.2) is 32.3 Å². The van der Waals surface area contributed by atoms with E-state index < -0.39 is 13.8 Å². The molecule has 0 spiro atoms. The number of phosphoric acid groups is 1. The summed E-state index contributed by atoms with van der Waals surface area (Å²) in [6.45, 7) is 0.465. The summed E-state index contributed by atoms with van der Waals surface area (Å²) in [5, 5.41) is 7.99. The summed E-state index contributed by atoms with van der Waals surface area (Å²) in [7, 11) is -4.64. The van der Waals surface area contributed by atoms with Crippen molar-refractivity contribution in [3.05, 3.63) is 0 Å². The fourth-order valence-electron chi connectivity index (χ4n) is 0.253. The molecule has 0 aromatic rings. The normalized spacial score (nSPS) is 10.0. The van der Waals surface area contributed by atoms with Gasteiger partial charge in [-0.1, -0.05) is 0 Å². The molecule has 0 unspecified atom stereocenters. The fourth-order valence-corrected chi connectivity index (χ4v) is 0.253. The van der Waals surface area contributed by atoms with E-state index in [-0.39, 0.29) is 6.42 Å². The molecule has 0 saturated carbocycles. The highest BCUT2D eigenvalue weighted by molar-refractivity contribution is 7.45.